The number of nitrogens with zero attached hydrogens (tertiary/aromatic N) is 2. The highest BCUT2D eigenvalue weighted by Crippen LogP contribution is 2.20. The van der Waals surface area contributed by atoms with E-state index >= 15 is 0 Å². The first kappa shape index (κ1) is 15.2. The summed E-state index contributed by atoms with van der Waals surface area (Å²) in [7, 11) is 2.18. The fraction of sp³-hybridized carbons (Fsp3) is 0.333. The van der Waals surface area contributed by atoms with E-state index in [1.807, 2.05) is 18.2 Å². The van der Waals surface area contributed by atoms with Crippen molar-refractivity contribution in [3.63, 3.8) is 0 Å². The number of benzene rings is 2. The number of hydrogen-bond donors (Lipinski definition) is 1. The highest BCUT2D eigenvalue weighted by Gasteiger charge is 2.13. The van der Waals surface area contributed by atoms with Gasteiger partial charge in [-0.15, -0.1) is 0 Å². The van der Waals surface area contributed by atoms with E-state index in [-0.39, 0.29) is 0 Å². The summed E-state index contributed by atoms with van der Waals surface area (Å²) in [6.45, 7) is 5.26. The molecule has 1 aliphatic heterocycles. The lowest BCUT2D eigenvalue weighted by atomic mass is 10.2. The van der Waals surface area contributed by atoms with Crippen molar-refractivity contribution in [1.29, 1.82) is 0 Å². The van der Waals surface area contributed by atoms with Gasteiger partial charge in [-0.25, -0.2) is 0 Å². The molecule has 116 valence electrons. The van der Waals surface area contributed by atoms with Gasteiger partial charge in [0.15, 0.2) is 0 Å². The van der Waals surface area contributed by atoms with Crippen LogP contribution in [0.1, 0.15) is 5.56 Å². The topological polar surface area (TPSA) is 18.5 Å². The Labute approximate surface area is 137 Å². The van der Waals surface area contributed by atoms with Gasteiger partial charge in [-0.1, -0.05) is 23.7 Å². The Morgan fingerprint density at radius 1 is 1.00 bits per heavy atom. The average molecular weight is 316 g/mol. The first-order chi connectivity index (χ1) is 10.7. The van der Waals surface area contributed by atoms with Gasteiger partial charge < -0.3 is 15.1 Å². The zero-order valence-corrected chi connectivity index (χ0v) is 13.7. The van der Waals surface area contributed by atoms with E-state index in [0.29, 0.717) is 0 Å². The summed E-state index contributed by atoms with van der Waals surface area (Å²) in [5.74, 6) is 0. The van der Waals surface area contributed by atoms with Crippen molar-refractivity contribution in [3.8, 4) is 0 Å². The normalized spacial score (nSPS) is 15.8. The van der Waals surface area contributed by atoms with Crippen molar-refractivity contribution in [2.45, 2.75) is 6.54 Å². The number of likely N-dealkylation sites (N-methyl/N-ethyl adjacent to an activating group) is 1. The Balaban J connectivity index is 1.57. The van der Waals surface area contributed by atoms with Crippen molar-refractivity contribution in [1.82, 2.24) is 4.90 Å². The lowest BCUT2D eigenvalue weighted by Gasteiger charge is -2.34. The van der Waals surface area contributed by atoms with Crippen molar-refractivity contribution in [2.24, 2.45) is 0 Å². The molecule has 1 aliphatic rings. The van der Waals surface area contributed by atoms with Crippen LogP contribution in [0.15, 0.2) is 48.5 Å². The van der Waals surface area contributed by atoms with Crippen LogP contribution < -0.4 is 10.2 Å². The lowest BCUT2D eigenvalue weighted by molar-refractivity contribution is 0.313. The molecule has 0 bridgehead atoms. The maximum absolute atomic E-state index is 6.01. The summed E-state index contributed by atoms with van der Waals surface area (Å²) in [5.41, 5.74) is 3.63. The van der Waals surface area contributed by atoms with Gasteiger partial charge >= 0.3 is 0 Å². The van der Waals surface area contributed by atoms with Crippen LogP contribution in [0.5, 0.6) is 0 Å². The van der Waals surface area contributed by atoms with Gasteiger partial charge in [-0.2, -0.15) is 0 Å². The van der Waals surface area contributed by atoms with Crippen molar-refractivity contribution in [2.75, 3.05) is 43.4 Å². The Morgan fingerprint density at radius 3 is 2.41 bits per heavy atom. The average Bonchev–Trinajstić information content (AvgIpc) is 2.54. The summed E-state index contributed by atoms with van der Waals surface area (Å²) in [6, 6.07) is 16.7. The zero-order chi connectivity index (χ0) is 15.4. The third-order valence-electron chi connectivity index (χ3n) is 4.12. The molecule has 1 saturated heterocycles. The minimum absolute atomic E-state index is 0.782. The fourth-order valence-corrected chi connectivity index (χ4v) is 2.92. The molecule has 1 heterocycles. The monoisotopic (exact) mass is 315 g/mol. The van der Waals surface area contributed by atoms with Crippen molar-refractivity contribution < 1.29 is 0 Å². The maximum Gasteiger partial charge on any atom is 0.0409 e. The van der Waals surface area contributed by atoms with Crippen LogP contribution in [0.2, 0.25) is 5.02 Å². The minimum atomic E-state index is 0.782. The first-order valence-corrected chi connectivity index (χ1v) is 8.10. The van der Waals surface area contributed by atoms with E-state index in [4.69, 9.17) is 11.6 Å². The molecule has 1 N–H and O–H groups in total. The highest BCUT2D eigenvalue weighted by molar-refractivity contribution is 6.30. The molecule has 0 radical (unpaired) electrons. The summed E-state index contributed by atoms with van der Waals surface area (Å²) in [4.78, 5) is 4.82. The van der Waals surface area contributed by atoms with E-state index in [2.05, 4.69) is 52.5 Å². The molecule has 2 aromatic carbocycles. The molecule has 0 saturated carbocycles. The summed E-state index contributed by atoms with van der Waals surface area (Å²) < 4.78 is 0. The van der Waals surface area contributed by atoms with Gasteiger partial charge in [0.2, 0.25) is 0 Å². The third-order valence-corrected chi connectivity index (χ3v) is 4.36. The van der Waals surface area contributed by atoms with Crippen LogP contribution in [-0.2, 0) is 6.54 Å². The molecule has 3 nitrogen and oxygen atoms in total. The molecule has 4 heteroatoms. The van der Waals surface area contributed by atoms with Crippen LogP contribution in [0.3, 0.4) is 0 Å². The fourth-order valence-electron chi connectivity index (χ4n) is 2.71. The Bertz CT molecular complexity index is 604. The molecular formula is C18H22ClN3. The Kier molecular flexibility index (Phi) is 4.86. The van der Waals surface area contributed by atoms with Crippen LogP contribution >= 0.6 is 11.6 Å². The molecular weight excluding hydrogens is 294 g/mol. The molecule has 2 aromatic rings. The molecule has 0 aliphatic carbocycles. The van der Waals surface area contributed by atoms with Gasteiger partial charge in [0.1, 0.15) is 0 Å². The molecule has 22 heavy (non-hydrogen) atoms. The molecule has 0 spiro atoms. The maximum atomic E-state index is 6.01. The second-order valence-corrected chi connectivity index (χ2v) is 6.26. The molecule has 0 atom stereocenters. The summed E-state index contributed by atoms with van der Waals surface area (Å²) >= 11 is 6.01. The number of halogens is 1. The van der Waals surface area contributed by atoms with Crippen LogP contribution in [0, 0.1) is 0 Å². The highest BCUT2D eigenvalue weighted by atomic mass is 35.5. The zero-order valence-electron chi connectivity index (χ0n) is 12.9. The van der Waals surface area contributed by atoms with Crippen molar-refractivity contribution >= 4 is 23.0 Å². The molecule has 3 rings (SSSR count). The van der Waals surface area contributed by atoms with Crippen LogP contribution in [0.4, 0.5) is 11.4 Å². The molecule has 0 aromatic heterocycles. The SMILES string of the molecule is CN1CCN(c2ccc(NCc3cccc(Cl)c3)cc2)CC1. The smallest absolute Gasteiger partial charge is 0.0409 e. The van der Waals surface area contributed by atoms with Crippen molar-refractivity contribution in [3.05, 3.63) is 59.1 Å². The van der Waals surface area contributed by atoms with E-state index < -0.39 is 0 Å². The number of piperazine rings is 1. The quantitative estimate of drug-likeness (QED) is 0.928. The van der Waals surface area contributed by atoms with Crippen LogP contribution in [-0.4, -0.2) is 38.1 Å². The first-order valence-electron chi connectivity index (χ1n) is 7.72. The number of nitrogens with one attached hydrogen (secondary N) is 1. The van der Waals surface area contributed by atoms with E-state index in [1.165, 1.54) is 11.3 Å². The van der Waals surface area contributed by atoms with Gasteiger partial charge in [-0.05, 0) is 49.0 Å². The largest absolute Gasteiger partial charge is 0.381 e. The van der Waals surface area contributed by atoms with E-state index in [9.17, 15) is 0 Å². The lowest BCUT2D eigenvalue weighted by Crippen LogP contribution is -2.44. The number of hydrogen-bond acceptors (Lipinski definition) is 3. The third kappa shape index (κ3) is 3.93. The Morgan fingerprint density at radius 2 is 1.73 bits per heavy atom. The summed E-state index contributed by atoms with van der Waals surface area (Å²) in [6.07, 6.45) is 0. The van der Waals surface area contributed by atoms with E-state index in [1.54, 1.807) is 0 Å². The molecule has 0 amide bonds. The number of rotatable bonds is 4. The minimum Gasteiger partial charge on any atom is -0.381 e. The predicted molar refractivity (Wildman–Crippen MR) is 94.9 cm³/mol. The number of anilines is 2. The van der Waals surface area contributed by atoms with Crippen LogP contribution in [0.25, 0.3) is 0 Å². The van der Waals surface area contributed by atoms with E-state index in [0.717, 1.165) is 43.4 Å². The molecule has 1 fully saturated rings. The van der Waals surface area contributed by atoms with Gasteiger partial charge in [-0.3, -0.25) is 0 Å². The van der Waals surface area contributed by atoms with Gasteiger partial charge in [0.05, 0.1) is 0 Å². The standard InChI is InChI=1S/C18H22ClN3/c1-21-9-11-22(12-10-21)18-7-5-17(6-8-18)20-14-15-3-2-4-16(19)13-15/h2-8,13,20H,9-12,14H2,1H3. The molecule has 0 unspecified atom stereocenters. The van der Waals surface area contributed by atoms with Gasteiger partial charge in [0, 0.05) is 49.1 Å². The second kappa shape index (κ2) is 7.03. The second-order valence-electron chi connectivity index (χ2n) is 5.82. The predicted octanol–water partition coefficient (Wildman–Crippen LogP) is 3.70. The summed E-state index contributed by atoms with van der Waals surface area (Å²) in [5, 5.41) is 4.22. The Hall–Kier alpha value is -1.71. The van der Waals surface area contributed by atoms with Gasteiger partial charge in [0.25, 0.3) is 0 Å².